The Balaban J connectivity index is 2.44. The van der Waals surface area contributed by atoms with Crippen LogP contribution in [-0.2, 0) is 0 Å². The topological polar surface area (TPSA) is 72.4 Å². The normalized spacial score (nSPS) is 22.8. The minimum Gasteiger partial charge on any atom is -0.363 e. The Labute approximate surface area is 115 Å². The molecule has 1 aliphatic rings. The van der Waals surface area contributed by atoms with Crippen molar-refractivity contribution in [3.05, 3.63) is 33.1 Å². The second-order valence-electron chi connectivity index (χ2n) is 4.85. The van der Waals surface area contributed by atoms with E-state index in [1.165, 1.54) is 6.07 Å². The summed E-state index contributed by atoms with van der Waals surface area (Å²) in [7, 11) is 0. The van der Waals surface area contributed by atoms with Gasteiger partial charge in [0.1, 0.15) is 11.5 Å². The van der Waals surface area contributed by atoms with Crippen molar-refractivity contribution in [1.29, 1.82) is 0 Å². The van der Waals surface area contributed by atoms with Crippen molar-refractivity contribution in [2.45, 2.75) is 19.4 Å². The minimum atomic E-state index is -0.778. The molecule has 0 aromatic heterocycles. The van der Waals surface area contributed by atoms with Gasteiger partial charge >= 0.3 is 0 Å². The lowest BCUT2D eigenvalue weighted by atomic mass is 10.1. The first-order chi connectivity index (χ1) is 8.93. The second-order valence-corrected chi connectivity index (χ2v) is 5.26. The van der Waals surface area contributed by atoms with Gasteiger partial charge < -0.3 is 10.6 Å². The highest BCUT2D eigenvalue weighted by Gasteiger charge is 2.33. The van der Waals surface area contributed by atoms with Crippen LogP contribution < -0.4 is 10.6 Å². The molecule has 1 heterocycles. The van der Waals surface area contributed by atoms with Crippen molar-refractivity contribution >= 4 is 23.0 Å². The lowest BCUT2D eigenvalue weighted by Gasteiger charge is -2.23. The number of hydrogen-bond acceptors (Lipinski definition) is 4. The fourth-order valence-corrected chi connectivity index (χ4v) is 2.71. The molecule has 0 saturated carbocycles. The summed E-state index contributed by atoms with van der Waals surface area (Å²) in [5, 5.41) is 10.9. The maximum Gasteiger partial charge on any atom is 0.295 e. The molecule has 0 aliphatic carbocycles. The maximum atomic E-state index is 13.4. The number of nitrogens with two attached hydrogens (primary N) is 1. The van der Waals surface area contributed by atoms with Crippen molar-refractivity contribution in [3.63, 3.8) is 0 Å². The van der Waals surface area contributed by atoms with Crippen LogP contribution in [0.25, 0.3) is 0 Å². The van der Waals surface area contributed by atoms with Gasteiger partial charge in [-0.3, -0.25) is 10.1 Å². The van der Waals surface area contributed by atoms with Gasteiger partial charge in [-0.25, -0.2) is 4.39 Å². The maximum absolute atomic E-state index is 13.4. The Morgan fingerprint density at radius 3 is 2.84 bits per heavy atom. The molecule has 0 spiro atoms. The Morgan fingerprint density at radius 2 is 2.32 bits per heavy atom. The lowest BCUT2D eigenvalue weighted by Crippen LogP contribution is -2.28. The van der Waals surface area contributed by atoms with E-state index in [-0.39, 0.29) is 16.8 Å². The van der Waals surface area contributed by atoms with E-state index in [1.807, 2.05) is 11.8 Å². The Hall–Kier alpha value is -1.40. The fourth-order valence-electron chi connectivity index (χ4n) is 2.55. The molecule has 1 saturated heterocycles. The molecule has 19 heavy (non-hydrogen) atoms. The molecular formula is C12H15ClFN3O2. The van der Waals surface area contributed by atoms with Gasteiger partial charge in [-0.1, -0.05) is 11.6 Å². The Kier molecular flexibility index (Phi) is 3.91. The highest BCUT2D eigenvalue weighted by atomic mass is 35.5. The molecule has 1 aromatic carbocycles. The third kappa shape index (κ3) is 2.64. The standard InChI is InChI=1S/C12H15ClFN3O2/c1-7-2-8(5-15)6-16(7)11-3-9(13)10(14)4-12(11)17(18)19/h3-4,7-8H,2,5-6,15H2,1H3. The zero-order chi connectivity index (χ0) is 14.2. The molecule has 2 rings (SSSR count). The van der Waals surface area contributed by atoms with Gasteiger partial charge in [-0.2, -0.15) is 0 Å². The monoisotopic (exact) mass is 287 g/mol. The van der Waals surface area contributed by atoms with E-state index >= 15 is 0 Å². The van der Waals surface area contributed by atoms with E-state index in [4.69, 9.17) is 17.3 Å². The van der Waals surface area contributed by atoms with Gasteiger partial charge in [-0.05, 0) is 31.9 Å². The summed E-state index contributed by atoms with van der Waals surface area (Å²) in [6.45, 7) is 3.13. The van der Waals surface area contributed by atoms with Gasteiger partial charge in [0.15, 0.2) is 0 Å². The molecule has 2 N–H and O–H groups in total. The van der Waals surface area contributed by atoms with E-state index in [0.717, 1.165) is 12.5 Å². The van der Waals surface area contributed by atoms with Crippen LogP contribution in [0.3, 0.4) is 0 Å². The van der Waals surface area contributed by atoms with Crippen LogP contribution in [0.1, 0.15) is 13.3 Å². The first kappa shape index (κ1) is 14.0. The number of halogens is 2. The van der Waals surface area contributed by atoms with Crippen molar-refractivity contribution in [2.75, 3.05) is 18.0 Å². The number of nitro groups is 1. The molecule has 1 aromatic rings. The summed E-state index contributed by atoms with van der Waals surface area (Å²) >= 11 is 5.74. The summed E-state index contributed by atoms with van der Waals surface area (Å²) in [6.07, 6.45) is 0.864. The van der Waals surface area contributed by atoms with Crippen molar-refractivity contribution < 1.29 is 9.31 Å². The lowest BCUT2D eigenvalue weighted by molar-refractivity contribution is -0.384. The highest BCUT2D eigenvalue weighted by molar-refractivity contribution is 6.31. The van der Waals surface area contributed by atoms with E-state index in [9.17, 15) is 14.5 Å². The van der Waals surface area contributed by atoms with Crippen molar-refractivity contribution in [1.82, 2.24) is 0 Å². The molecule has 2 atom stereocenters. The predicted octanol–water partition coefficient (Wildman–Crippen LogP) is 2.56. The average molecular weight is 288 g/mol. The quantitative estimate of drug-likeness (QED) is 0.685. The van der Waals surface area contributed by atoms with Gasteiger partial charge in [0, 0.05) is 12.6 Å². The van der Waals surface area contributed by atoms with Crippen LogP contribution in [0.15, 0.2) is 12.1 Å². The van der Waals surface area contributed by atoms with Crippen LogP contribution in [-0.4, -0.2) is 24.1 Å². The minimum absolute atomic E-state index is 0.107. The van der Waals surface area contributed by atoms with Gasteiger partial charge in [-0.15, -0.1) is 0 Å². The first-order valence-corrected chi connectivity index (χ1v) is 6.42. The van der Waals surface area contributed by atoms with E-state index in [0.29, 0.717) is 24.7 Å². The summed E-state index contributed by atoms with van der Waals surface area (Å²) in [4.78, 5) is 12.3. The molecule has 0 radical (unpaired) electrons. The van der Waals surface area contributed by atoms with Gasteiger partial charge in [0.2, 0.25) is 0 Å². The highest BCUT2D eigenvalue weighted by Crippen LogP contribution is 2.38. The smallest absolute Gasteiger partial charge is 0.295 e. The summed E-state index contributed by atoms with van der Waals surface area (Å²) in [6, 6.07) is 2.32. The molecule has 1 fully saturated rings. The molecule has 1 aliphatic heterocycles. The molecule has 0 bridgehead atoms. The number of nitro benzene ring substituents is 1. The van der Waals surface area contributed by atoms with Gasteiger partial charge in [0.05, 0.1) is 16.0 Å². The zero-order valence-electron chi connectivity index (χ0n) is 10.5. The van der Waals surface area contributed by atoms with E-state index < -0.39 is 10.7 Å². The third-order valence-corrected chi connectivity index (χ3v) is 3.81. The van der Waals surface area contributed by atoms with Crippen molar-refractivity contribution in [3.8, 4) is 0 Å². The number of hydrogen-bond donors (Lipinski definition) is 1. The van der Waals surface area contributed by atoms with Gasteiger partial charge in [0.25, 0.3) is 5.69 Å². The molecule has 7 heteroatoms. The summed E-state index contributed by atoms with van der Waals surface area (Å²) in [5.74, 6) is -0.488. The number of nitrogens with zero attached hydrogens (tertiary/aromatic N) is 2. The number of rotatable bonds is 3. The fraction of sp³-hybridized carbons (Fsp3) is 0.500. The number of benzene rings is 1. The molecule has 0 amide bonds. The van der Waals surface area contributed by atoms with E-state index in [2.05, 4.69) is 0 Å². The average Bonchev–Trinajstić information content (AvgIpc) is 2.73. The van der Waals surface area contributed by atoms with Crippen LogP contribution in [0.5, 0.6) is 0 Å². The second kappa shape index (κ2) is 5.30. The van der Waals surface area contributed by atoms with Crippen LogP contribution >= 0.6 is 11.6 Å². The first-order valence-electron chi connectivity index (χ1n) is 6.04. The third-order valence-electron chi connectivity index (χ3n) is 3.52. The zero-order valence-corrected chi connectivity index (χ0v) is 11.2. The summed E-state index contributed by atoms with van der Waals surface area (Å²) in [5.41, 5.74) is 5.74. The number of anilines is 1. The molecule has 2 unspecified atom stereocenters. The SMILES string of the molecule is CC1CC(CN)CN1c1cc(Cl)c(F)cc1[N+](=O)[O-]. The Bertz CT molecular complexity index is 512. The molecule has 5 nitrogen and oxygen atoms in total. The predicted molar refractivity (Wildman–Crippen MR) is 72.0 cm³/mol. The molecular weight excluding hydrogens is 273 g/mol. The molecule has 104 valence electrons. The Morgan fingerprint density at radius 1 is 1.63 bits per heavy atom. The summed E-state index contributed by atoms with van der Waals surface area (Å²) < 4.78 is 13.4. The van der Waals surface area contributed by atoms with Crippen LogP contribution in [0.2, 0.25) is 5.02 Å². The van der Waals surface area contributed by atoms with Crippen LogP contribution in [0, 0.1) is 21.8 Å². The largest absolute Gasteiger partial charge is 0.363 e. The van der Waals surface area contributed by atoms with Crippen molar-refractivity contribution in [2.24, 2.45) is 11.7 Å². The van der Waals surface area contributed by atoms with E-state index in [1.54, 1.807) is 0 Å². The van der Waals surface area contributed by atoms with Crippen LogP contribution in [0.4, 0.5) is 15.8 Å².